The molecule has 0 aromatic heterocycles. The van der Waals surface area contributed by atoms with Crippen LogP contribution >= 0.6 is 8.15 Å². The first kappa shape index (κ1) is 13.1. The van der Waals surface area contributed by atoms with E-state index in [9.17, 15) is 0 Å². The van der Waals surface area contributed by atoms with Crippen LogP contribution in [0.1, 0.15) is 6.92 Å². The van der Waals surface area contributed by atoms with Crippen molar-refractivity contribution < 1.29 is 9.18 Å². The van der Waals surface area contributed by atoms with Gasteiger partial charge in [0.2, 0.25) is 0 Å². The first-order valence-corrected chi connectivity index (χ1v) is 7.06. The Bertz CT molecular complexity index is 490. The summed E-state index contributed by atoms with van der Waals surface area (Å²) in [7, 11) is 4.47. The van der Waals surface area contributed by atoms with Gasteiger partial charge in [0, 0.05) is 10.6 Å². The van der Waals surface area contributed by atoms with Gasteiger partial charge >= 0.3 is 0 Å². The maximum Gasteiger partial charge on any atom is 0.289 e. The summed E-state index contributed by atoms with van der Waals surface area (Å²) in [5.41, 5.74) is 0. The summed E-state index contributed by atoms with van der Waals surface area (Å²) in [4.78, 5) is 0. The van der Waals surface area contributed by atoms with Crippen molar-refractivity contribution in [2.75, 3.05) is 6.61 Å². The summed E-state index contributed by atoms with van der Waals surface area (Å²) >= 11 is 0. The van der Waals surface area contributed by atoms with E-state index in [0.717, 1.165) is 16.4 Å². The Morgan fingerprint density at radius 3 is 2.39 bits per heavy atom. The van der Waals surface area contributed by atoms with Gasteiger partial charge in [-0.15, -0.1) is 0 Å². The SMILES string of the molecule is [B]O[P@](c1ccccc1)c1cccc(OCC)c1. The van der Waals surface area contributed by atoms with E-state index in [2.05, 4.69) is 0 Å². The Morgan fingerprint density at radius 2 is 1.72 bits per heavy atom. The zero-order valence-electron chi connectivity index (χ0n) is 10.2. The van der Waals surface area contributed by atoms with Crippen molar-refractivity contribution in [1.82, 2.24) is 0 Å². The van der Waals surface area contributed by atoms with Gasteiger partial charge < -0.3 is 9.18 Å². The molecule has 2 radical (unpaired) electrons. The van der Waals surface area contributed by atoms with Gasteiger partial charge in [-0.1, -0.05) is 42.5 Å². The summed E-state index contributed by atoms with van der Waals surface area (Å²) in [6.07, 6.45) is 0. The van der Waals surface area contributed by atoms with Gasteiger partial charge in [0.25, 0.3) is 8.05 Å². The van der Waals surface area contributed by atoms with Crippen LogP contribution in [0.2, 0.25) is 0 Å². The zero-order valence-corrected chi connectivity index (χ0v) is 11.1. The van der Waals surface area contributed by atoms with Crippen LogP contribution in [0.5, 0.6) is 5.75 Å². The van der Waals surface area contributed by atoms with Gasteiger partial charge in [0.05, 0.1) is 14.8 Å². The van der Waals surface area contributed by atoms with Gasteiger partial charge in [-0.05, 0) is 19.1 Å². The van der Waals surface area contributed by atoms with Crippen LogP contribution < -0.4 is 15.3 Å². The molecule has 90 valence electrons. The second kappa shape index (κ2) is 6.58. The number of ether oxygens (including phenoxy) is 1. The summed E-state index contributed by atoms with van der Waals surface area (Å²) in [5.74, 6) is 0.843. The van der Waals surface area contributed by atoms with Gasteiger partial charge in [-0.25, -0.2) is 0 Å². The number of benzene rings is 2. The molecule has 0 aliphatic heterocycles. The summed E-state index contributed by atoms with van der Waals surface area (Å²) in [5, 5.41) is 2.13. The predicted octanol–water partition coefficient (Wildman–Crippen LogP) is 2.53. The largest absolute Gasteiger partial charge is 0.494 e. The number of hydrogen-bond donors (Lipinski definition) is 0. The predicted molar refractivity (Wildman–Crippen MR) is 77.1 cm³/mol. The standard InChI is InChI=1S/C14H14BO2P/c1-2-16-12-7-6-10-14(11-12)18(17-15)13-8-4-3-5-9-13/h3-11H,2H2,1H3/t18-/m1/s1. The van der Waals surface area contributed by atoms with Crippen LogP contribution in [0, 0.1) is 0 Å². The molecule has 0 heterocycles. The lowest BCUT2D eigenvalue weighted by atomic mass is 10.3. The molecular weight excluding hydrogens is 242 g/mol. The molecule has 2 aromatic carbocycles. The molecule has 0 saturated carbocycles. The Hall–Kier alpha value is -1.31. The molecule has 0 spiro atoms. The zero-order chi connectivity index (χ0) is 12.8. The Labute approximate surface area is 110 Å². The van der Waals surface area contributed by atoms with Crippen LogP contribution in [-0.4, -0.2) is 14.7 Å². The highest BCUT2D eigenvalue weighted by Gasteiger charge is 2.13. The van der Waals surface area contributed by atoms with Gasteiger partial charge in [-0.2, -0.15) is 0 Å². The van der Waals surface area contributed by atoms with E-state index >= 15 is 0 Å². The average molecular weight is 256 g/mol. The fourth-order valence-electron chi connectivity index (χ4n) is 1.70. The minimum atomic E-state index is -0.978. The molecule has 18 heavy (non-hydrogen) atoms. The summed E-state index contributed by atoms with van der Waals surface area (Å²) < 4.78 is 10.7. The van der Waals surface area contributed by atoms with Crippen molar-refractivity contribution in [1.29, 1.82) is 0 Å². The minimum Gasteiger partial charge on any atom is -0.494 e. The lowest BCUT2D eigenvalue weighted by molar-refractivity contribution is 0.340. The third kappa shape index (κ3) is 3.13. The van der Waals surface area contributed by atoms with Gasteiger partial charge in [-0.3, -0.25) is 0 Å². The normalized spacial score (nSPS) is 12.1. The fourth-order valence-corrected chi connectivity index (χ4v) is 3.15. The van der Waals surface area contributed by atoms with Crippen molar-refractivity contribution in [3.63, 3.8) is 0 Å². The van der Waals surface area contributed by atoms with E-state index < -0.39 is 8.15 Å². The first-order chi connectivity index (χ1) is 8.85. The quantitative estimate of drug-likeness (QED) is 0.604. The molecule has 0 unspecified atom stereocenters. The molecule has 0 saturated heterocycles. The number of hydrogen-bond acceptors (Lipinski definition) is 2. The van der Waals surface area contributed by atoms with Crippen molar-refractivity contribution in [3.8, 4) is 5.75 Å². The molecule has 2 nitrogen and oxygen atoms in total. The highest BCUT2D eigenvalue weighted by Crippen LogP contribution is 2.34. The highest BCUT2D eigenvalue weighted by molar-refractivity contribution is 7.69. The van der Waals surface area contributed by atoms with Crippen molar-refractivity contribution in [2.24, 2.45) is 0 Å². The Morgan fingerprint density at radius 1 is 1.00 bits per heavy atom. The van der Waals surface area contributed by atoms with Crippen molar-refractivity contribution in [3.05, 3.63) is 54.6 Å². The van der Waals surface area contributed by atoms with Gasteiger partial charge in [0.1, 0.15) is 5.75 Å². The number of rotatable bonds is 5. The van der Waals surface area contributed by atoms with E-state index in [0.29, 0.717) is 6.61 Å². The van der Waals surface area contributed by atoms with E-state index in [1.165, 1.54) is 0 Å². The smallest absolute Gasteiger partial charge is 0.289 e. The van der Waals surface area contributed by atoms with E-state index in [4.69, 9.17) is 17.2 Å². The molecule has 1 atom stereocenters. The van der Waals surface area contributed by atoms with Crippen LogP contribution in [0.3, 0.4) is 0 Å². The maximum absolute atomic E-state index is 5.49. The maximum atomic E-state index is 5.49. The molecule has 0 N–H and O–H groups in total. The Balaban J connectivity index is 2.30. The topological polar surface area (TPSA) is 18.5 Å². The monoisotopic (exact) mass is 256 g/mol. The summed E-state index contributed by atoms with van der Waals surface area (Å²) in [6, 6.07) is 17.9. The molecule has 0 amide bonds. The molecule has 0 aliphatic rings. The lowest BCUT2D eigenvalue weighted by Crippen LogP contribution is -2.13. The van der Waals surface area contributed by atoms with Crippen LogP contribution in [-0.2, 0) is 4.44 Å². The lowest BCUT2D eigenvalue weighted by Gasteiger charge is -2.17. The van der Waals surface area contributed by atoms with E-state index in [1.807, 2.05) is 61.5 Å². The molecule has 0 bridgehead atoms. The third-order valence-electron chi connectivity index (χ3n) is 2.46. The minimum absolute atomic E-state index is 0.649. The van der Waals surface area contributed by atoms with Crippen LogP contribution in [0.25, 0.3) is 0 Å². The molecular formula is C14H14BO2P. The molecule has 2 rings (SSSR count). The molecule has 2 aromatic rings. The van der Waals surface area contributed by atoms with Crippen LogP contribution in [0.15, 0.2) is 54.6 Å². The molecule has 0 aliphatic carbocycles. The van der Waals surface area contributed by atoms with E-state index in [-0.39, 0.29) is 0 Å². The first-order valence-electron chi connectivity index (χ1n) is 5.80. The molecule has 0 fully saturated rings. The Kier molecular flexibility index (Phi) is 4.80. The highest BCUT2D eigenvalue weighted by atomic mass is 31.1. The summed E-state index contributed by atoms with van der Waals surface area (Å²) in [6.45, 7) is 2.61. The van der Waals surface area contributed by atoms with Crippen LogP contribution in [0.4, 0.5) is 0 Å². The second-order valence-corrected chi connectivity index (χ2v) is 5.50. The van der Waals surface area contributed by atoms with E-state index in [1.54, 1.807) is 0 Å². The molecule has 4 heteroatoms. The third-order valence-corrected chi connectivity index (χ3v) is 4.18. The average Bonchev–Trinajstić information content (AvgIpc) is 2.42. The van der Waals surface area contributed by atoms with Crippen molar-refractivity contribution in [2.45, 2.75) is 6.92 Å². The van der Waals surface area contributed by atoms with Gasteiger partial charge in [0.15, 0.2) is 0 Å². The second-order valence-electron chi connectivity index (χ2n) is 3.67. The fraction of sp³-hybridized carbons (Fsp3) is 0.143. The van der Waals surface area contributed by atoms with Crippen molar-refractivity contribution >= 4 is 26.8 Å².